The Kier molecular flexibility index (Phi) is 6.22. The standard InChI is InChI=1S/C13H19BrN2O/c1-3-15-13(17)9-16-10(2)8-11-4-6-12(14)7-5-11/h4-7,10,16H,3,8-9H2,1-2H3,(H,15,17). The van der Waals surface area contributed by atoms with Gasteiger partial charge in [-0.15, -0.1) is 0 Å². The van der Waals surface area contributed by atoms with Gasteiger partial charge in [-0.2, -0.15) is 0 Å². The molecule has 1 aromatic carbocycles. The first-order valence-corrected chi connectivity index (χ1v) is 6.65. The van der Waals surface area contributed by atoms with Gasteiger partial charge in [0.05, 0.1) is 6.54 Å². The van der Waals surface area contributed by atoms with Crippen molar-refractivity contribution in [2.24, 2.45) is 0 Å². The Morgan fingerprint density at radius 2 is 2.00 bits per heavy atom. The lowest BCUT2D eigenvalue weighted by molar-refractivity contribution is -0.120. The number of nitrogens with one attached hydrogen (secondary N) is 2. The van der Waals surface area contributed by atoms with Crippen LogP contribution in [0.3, 0.4) is 0 Å². The Bertz CT molecular complexity index is 351. The first kappa shape index (κ1) is 14.2. The average Bonchev–Trinajstić information content (AvgIpc) is 2.30. The quantitative estimate of drug-likeness (QED) is 0.844. The van der Waals surface area contributed by atoms with E-state index in [-0.39, 0.29) is 5.91 Å². The second-order valence-electron chi connectivity index (χ2n) is 4.07. The van der Waals surface area contributed by atoms with Crippen molar-refractivity contribution in [3.63, 3.8) is 0 Å². The second-order valence-corrected chi connectivity index (χ2v) is 4.98. The van der Waals surface area contributed by atoms with Crippen LogP contribution in [0.15, 0.2) is 28.7 Å². The van der Waals surface area contributed by atoms with E-state index in [1.807, 2.05) is 19.1 Å². The van der Waals surface area contributed by atoms with Gasteiger partial charge in [0.2, 0.25) is 5.91 Å². The molecule has 0 saturated carbocycles. The number of likely N-dealkylation sites (N-methyl/N-ethyl adjacent to an activating group) is 1. The Labute approximate surface area is 111 Å². The van der Waals surface area contributed by atoms with Crippen LogP contribution in [0.25, 0.3) is 0 Å². The van der Waals surface area contributed by atoms with Crippen LogP contribution in [-0.2, 0) is 11.2 Å². The van der Waals surface area contributed by atoms with Gasteiger partial charge in [-0.05, 0) is 38.0 Å². The average molecular weight is 299 g/mol. The predicted molar refractivity (Wildman–Crippen MR) is 74.0 cm³/mol. The van der Waals surface area contributed by atoms with Gasteiger partial charge in [0.15, 0.2) is 0 Å². The molecule has 1 rings (SSSR count). The fourth-order valence-electron chi connectivity index (χ4n) is 1.57. The molecule has 0 aliphatic heterocycles. The van der Waals surface area contributed by atoms with Crippen molar-refractivity contribution in [3.05, 3.63) is 34.3 Å². The summed E-state index contributed by atoms with van der Waals surface area (Å²) in [6, 6.07) is 8.54. The van der Waals surface area contributed by atoms with Crippen molar-refractivity contribution in [1.82, 2.24) is 10.6 Å². The summed E-state index contributed by atoms with van der Waals surface area (Å²) in [6.45, 7) is 5.07. The number of hydrogen-bond donors (Lipinski definition) is 2. The van der Waals surface area contributed by atoms with E-state index in [2.05, 4.69) is 45.6 Å². The van der Waals surface area contributed by atoms with E-state index in [1.165, 1.54) is 5.56 Å². The normalized spacial score (nSPS) is 12.2. The maximum absolute atomic E-state index is 11.3. The van der Waals surface area contributed by atoms with Crippen LogP contribution in [0.1, 0.15) is 19.4 Å². The van der Waals surface area contributed by atoms with E-state index in [1.54, 1.807) is 0 Å². The molecule has 4 heteroatoms. The third-order valence-electron chi connectivity index (χ3n) is 2.44. The molecule has 17 heavy (non-hydrogen) atoms. The third-order valence-corrected chi connectivity index (χ3v) is 2.97. The monoisotopic (exact) mass is 298 g/mol. The number of hydrogen-bond acceptors (Lipinski definition) is 2. The van der Waals surface area contributed by atoms with Crippen LogP contribution in [0, 0.1) is 0 Å². The van der Waals surface area contributed by atoms with Crippen LogP contribution in [-0.4, -0.2) is 25.0 Å². The Morgan fingerprint density at radius 1 is 1.35 bits per heavy atom. The van der Waals surface area contributed by atoms with Crippen LogP contribution in [0.4, 0.5) is 0 Å². The predicted octanol–water partition coefficient (Wildman–Crippen LogP) is 2.11. The van der Waals surface area contributed by atoms with E-state index in [0.717, 1.165) is 10.9 Å². The summed E-state index contributed by atoms with van der Waals surface area (Å²) < 4.78 is 1.09. The summed E-state index contributed by atoms with van der Waals surface area (Å²) in [5.74, 6) is 0.0511. The maximum atomic E-state index is 11.3. The molecule has 3 nitrogen and oxygen atoms in total. The van der Waals surface area contributed by atoms with Crippen molar-refractivity contribution < 1.29 is 4.79 Å². The smallest absolute Gasteiger partial charge is 0.233 e. The molecular formula is C13H19BrN2O. The first-order chi connectivity index (χ1) is 8.11. The molecule has 0 aliphatic rings. The fraction of sp³-hybridized carbons (Fsp3) is 0.462. The summed E-state index contributed by atoms with van der Waals surface area (Å²) in [6.07, 6.45) is 0.923. The van der Waals surface area contributed by atoms with E-state index >= 15 is 0 Å². The lowest BCUT2D eigenvalue weighted by Crippen LogP contribution is -2.38. The van der Waals surface area contributed by atoms with Gasteiger partial charge in [0.1, 0.15) is 0 Å². The van der Waals surface area contributed by atoms with Gasteiger partial charge in [0.25, 0.3) is 0 Å². The van der Waals surface area contributed by atoms with Gasteiger partial charge in [0, 0.05) is 17.1 Å². The Morgan fingerprint density at radius 3 is 2.59 bits per heavy atom. The van der Waals surface area contributed by atoms with Gasteiger partial charge in [-0.1, -0.05) is 28.1 Å². The van der Waals surface area contributed by atoms with Gasteiger partial charge >= 0.3 is 0 Å². The molecule has 1 unspecified atom stereocenters. The van der Waals surface area contributed by atoms with E-state index in [9.17, 15) is 4.79 Å². The molecular weight excluding hydrogens is 280 g/mol. The molecule has 1 amide bonds. The SMILES string of the molecule is CCNC(=O)CNC(C)Cc1ccc(Br)cc1. The number of benzene rings is 1. The van der Waals surface area contributed by atoms with E-state index in [4.69, 9.17) is 0 Å². The highest BCUT2D eigenvalue weighted by Crippen LogP contribution is 2.11. The summed E-state index contributed by atoms with van der Waals surface area (Å²) in [5.41, 5.74) is 1.27. The molecule has 0 fully saturated rings. The van der Waals surface area contributed by atoms with Crippen LogP contribution in [0.2, 0.25) is 0 Å². The molecule has 0 aliphatic carbocycles. The van der Waals surface area contributed by atoms with Gasteiger partial charge in [-0.3, -0.25) is 4.79 Å². The van der Waals surface area contributed by atoms with Crippen molar-refractivity contribution in [1.29, 1.82) is 0 Å². The molecule has 0 heterocycles. The third kappa shape index (κ3) is 5.84. The Balaban J connectivity index is 2.31. The molecule has 0 bridgehead atoms. The molecule has 0 radical (unpaired) electrons. The summed E-state index contributed by atoms with van der Waals surface area (Å²) in [7, 11) is 0. The number of amides is 1. The van der Waals surface area contributed by atoms with Crippen molar-refractivity contribution >= 4 is 21.8 Å². The number of halogens is 1. The summed E-state index contributed by atoms with van der Waals surface area (Å²) >= 11 is 3.41. The number of carbonyl (C=O) groups excluding carboxylic acids is 1. The summed E-state index contributed by atoms with van der Waals surface area (Å²) in [5, 5.41) is 5.97. The van der Waals surface area contributed by atoms with Crippen LogP contribution < -0.4 is 10.6 Å². The highest BCUT2D eigenvalue weighted by atomic mass is 79.9. The molecule has 94 valence electrons. The van der Waals surface area contributed by atoms with Crippen molar-refractivity contribution in [3.8, 4) is 0 Å². The van der Waals surface area contributed by atoms with Gasteiger partial charge < -0.3 is 10.6 Å². The highest BCUT2D eigenvalue weighted by Gasteiger charge is 2.05. The maximum Gasteiger partial charge on any atom is 0.233 e. The van der Waals surface area contributed by atoms with Gasteiger partial charge in [-0.25, -0.2) is 0 Å². The molecule has 0 saturated heterocycles. The zero-order valence-corrected chi connectivity index (χ0v) is 11.9. The van der Waals surface area contributed by atoms with Crippen LogP contribution >= 0.6 is 15.9 Å². The zero-order chi connectivity index (χ0) is 12.7. The zero-order valence-electron chi connectivity index (χ0n) is 10.3. The number of carbonyl (C=O) groups is 1. The van der Waals surface area contributed by atoms with Crippen molar-refractivity contribution in [2.45, 2.75) is 26.3 Å². The molecule has 0 spiro atoms. The number of rotatable bonds is 6. The lowest BCUT2D eigenvalue weighted by atomic mass is 10.1. The molecule has 2 N–H and O–H groups in total. The first-order valence-electron chi connectivity index (χ1n) is 5.86. The summed E-state index contributed by atoms with van der Waals surface area (Å²) in [4.78, 5) is 11.3. The second kappa shape index (κ2) is 7.45. The molecule has 1 atom stereocenters. The van der Waals surface area contributed by atoms with Crippen molar-refractivity contribution in [2.75, 3.05) is 13.1 Å². The minimum absolute atomic E-state index is 0.0511. The minimum Gasteiger partial charge on any atom is -0.355 e. The topological polar surface area (TPSA) is 41.1 Å². The largest absolute Gasteiger partial charge is 0.355 e. The molecule has 0 aromatic heterocycles. The fourth-order valence-corrected chi connectivity index (χ4v) is 1.84. The van der Waals surface area contributed by atoms with E-state index < -0.39 is 0 Å². The molecule has 1 aromatic rings. The lowest BCUT2D eigenvalue weighted by Gasteiger charge is -2.13. The minimum atomic E-state index is 0.0511. The Hall–Kier alpha value is -0.870. The van der Waals surface area contributed by atoms with E-state index in [0.29, 0.717) is 19.1 Å². The van der Waals surface area contributed by atoms with Crippen LogP contribution in [0.5, 0.6) is 0 Å². The highest BCUT2D eigenvalue weighted by molar-refractivity contribution is 9.10.